The molecule has 0 unspecified atom stereocenters. The highest BCUT2D eigenvalue weighted by Crippen LogP contribution is 2.17. The Morgan fingerprint density at radius 3 is 2.00 bits per heavy atom. The van der Waals surface area contributed by atoms with Crippen LogP contribution in [0.3, 0.4) is 0 Å². The van der Waals surface area contributed by atoms with Crippen molar-refractivity contribution in [3.8, 4) is 0 Å². The van der Waals surface area contributed by atoms with E-state index in [2.05, 4.69) is 20.1 Å². The molecule has 0 aliphatic heterocycles. The van der Waals surface area contributed by atoms with Crippen molar-refractivity contribution in [2.75, 3.05) is 6.26 Å². The second-order valence-corrected chi connectivity index (χ2v) is 3.62. The highest BCUT2D eigenvalue weighted by atomic mass is 32.2. The molecule has 0 amide bonds. The van der Waals surface area contributed by atoms with Gasteiger partial charge in [-0.15, -0.1) is 0 Å². The minimum atomic E-state index is 0.190. The third kappa shape index (κ3) is 3.06. The quantitative estimate of drug-likeness (QED) is 0.531. The Morgan fingerprint density at radius 2 is 2.00 bits per heavy atom. The van der Waals surface area contributed by atoms with Crippen LogP contribution >= 0.6 is 24.0 Å². The standard InChI is InChI=1S/C5H10S2/c1-5(2,4-6)7-3/h4H,1-3H3. The van der Waals surface area contributed by atoms with Crippen LogP contribution in [-0.2, 0) is 0 Å². The predicted molar refractivity (Wildman–Crippen MR) is 41.2 cm³/mol. The van der Waals surface area contributed by atoms with Crippen molar-refractivity contribution in [1.29, 1.82) is 0 Å². The molecule has 0 saturated heterocycles. The van der Waals surface area contributed by atoms with Crippen LogP contribution in [0.1, 0.15) is 13.8 Å². The van der Waals surface area contributed by atoms with E-state index >= 15 is 0 Å². The molecule has 0 atom stereocenters. The second kappa shape index (κ2) is 2.68. The molecule has 0 heterocycles. The van der Waals surface area contributed by atoms with Crippen molar-refractivity contribution in [3.63, 3.8) is 0 Å². The average molecular weight is 134 g/mol. The minimum Gasteiger partial charge on any atom is -0.154 e. The van der Waals surface area contributed by atoms with Gasteiger partial charge in [0.2, 0.25) is 0 Å². The molecule has 0 fully saturated rings. The lowest BCUT2D eigenvalue weighted by Gasteiger charge is -2.12. The van der Waals surface area contributed by atoms with E-state index in [0.29, 0.717) is 0 Å². The van der Waals surface area contributed by atoms with E-state index in [1.165, 1.54) is 0 Å². The van der Waals surface area contributed by atoms with Gasteiger partial charge in [-0.1, -0.05) is 12.2 Å². The zero-order chi connectivity index (χ0) is 5.91. The molecule has 0 spiro atoms. The zero-order valence-corrected chi connectivity index (χ0v) is 6.53. The van der Waals surface area contributed by atoms with Crippen molar-refractivity contribution in [2.45, 2.75) is 18.6 Å². The SMILES string of the molecule is CSC(C)(C)C=S. The molecule has 2 heteroatoms. The second-order valence-electron chi connectivity index (χ2n) is 1.93. The summed E-state index contributed by atoms with van der Waals surface area (Å²) in [5.74, 6) is 0. The van der Waals surface area contributed by atoms with Gasteiger partial charge in [-0.3, -0.25) is 0 Å². The summed E-state index contributed by atoms with van der Waals surface area (Å²) < 4.78 is 0.190. The van der Waals surface area contributed by atoms with E-state index in [9.17, 15) is 0 Å². The molecule has 0 N–H and O–H groups in total. The summed E-state index contributed by atoms with van der Waals surface area (Å²) in [6.45, 7) is 4.20. The van der Waals surface area contributed by atoms with Crippen LogP contribution in [0.15, 0.2) is 0 Å². The third-order valence-electron chi connectivity index (χ3n) is 0.810. The van der Waals surface area contributed by atoms with Gasteiger partial charge >= 0.3 is 0 Å². The summed E-state index contributed by atoms with van der Waals surface area (Å²) in [4.78, 5) is 0. The van der Waals surface area contributed by atoms with Crippen LogP contribution < -0.4 is 0 Å². The maximum atomic E-state index is 4.74. The molecule has 0 aromatic carbocycles. The molecule has 0 aliphatic carbocycles. The normalized spacial score (nSPS) is 11.3. The Hall–Kier alpha value is 0.440. The van der Waals surface area contributed by atoms with Crippen LogP contribution in [0.2, 0.25) is 0 Å². The Labute approximate surface area is 54.7 Å². The zero-order valence-electron chi connectivity index (χ0n) is 4.89. The first-order valence-corrected chi connectivity index (χ1v) is 3.83. The molecule has 42 valence electrons. The van der Waals surface area contributed by atoms with E-state index in [-0.39, 0.29) is 4.75 Å². The Kier molecular flexibility index (Phi) is 2.84. The molecular weight excluding hydrogens is 124 g/mol. The summed E-state index contributed by atoms with van der Waals surface area (Å²) in [6.07, 6.45) is 2.06. The maximum Gasteiger partial charge on any atom is 0.0382 e. The predicted octanol–water partition coefficient (Wildman–Crippen LogP) is 2.13. The fourth-order valence-electron chi connectivity index (χ4n) is 0.0481. The Morgan fingerprint density at radius 1 is 1.57 bits per heavy atom. The van der Waals surface area contributed by atoms with E-state index in [0.717, 1.165) is 0 Å². The topological polar surface area (TPSA) is 0 Å². The van der Waals surface area contributed by atoms with E-state index in [1.807, 2.05) is 0 Å². The maximum absolute atomic E-state index is 4.74. The number of hydrogen-bond acceptors (Lipinski definition) is 2. The van der Waals surface area contributed by atoms with E-state index in [1.54, 1.807) is 17.1 Å². The first-order valence-electron chi connectivity index (χ1n) is 2.14. The first kappa shape index (κ1) is 7.44. The summed E-state index contributed by atoms with van der Waals surface area (Å²) in [5.41, 5.74) is 0. The molecule has 0 aliphatic rings. The minimum absolute atomic E-state index is 0.190. The van der Waals surface area contributed by atoms with Crippen molar-refractivity contribution < 1.29 is 0 Å². The Balaban J connectivity index is 3.58. The average Bonchev–Trinajstić information content (AvgIpc) is 1.68. The van der Waals surface area contributed by atoms with Gasteiger partial charge in [0.25, 0.3) is 0 Å². The summed E-state index contributed by atoms with van der Waals surface area (Å²) in [7, 11) is 0. The summed E-state index contributed by atoms with van der Waals surface area (Å²) in [5, 5.41) is 1.79. The van der Waals surface area contributed by atoms with Crippen LogP contribution in [0.25, 0.3) is 0 Å². The molecule has 0 bridgehead atoms. The van der Waals surface area contributed by atoms with Gasteiger partial charge in [-0.25, -0.2) is 0 Å². The van der Waals surface area contributed by atoms with Gasteiger partial charge in [0.05, 0.1) is 0 Å². The Bertz CT molecular complexity index is 66.5. The molecular formula is C5H10S2. The first-order chi connectivity index (χ1) is 3.12. The third-order valence-corrected chi connectivity index (χ3v) is 2.72. The van der Waals surface area contributed by atoms with Crippen LogP contribution in [-0.4, -0.2) is 16.4 Å². The van der Waals surface area contributed by atoms with E-state index < -0.39 is 0 Å². The molecule has 7 heavy (non-hydrogen) atoms. The van der Waals surface area contributed by atoms with Gasteiger partial charge in [-0.05, 0) is 25.5 Å². The largest absolute Gasteiger partial charge is 0.154 e. The number of thioether (sulfide) groups is 1. The van der Waals surface area contributed by atoms with Gasteiger partial charge in [0, 0.05) is 4.75 Å². The highest BCUT2D eigenvalue weighted by molar-refractivity contribution is 8.01. The molecule has 0 radical (unpaired) electrons. The number of rotatable bonds is 2. The number of hydrogen-bond donors (Lipinski definition) is 0. The van der Waals surface area contributed by atoms with Crippen molar-refractivity contribution in [3.05, 3.63) is 0 Å². The van der Waals surface area contributed by atoms with Crippen LogP contribution in [0.4, 0.5) is 0 Å². The van der Waals surface area contributed by atoms with E-state index in [4.69, 9.17) is 12.2 Å². The van der Waals surface area contributed by atoms with Gasteiger partial charge < -0.3 is 0 Å². The van der Waals surface area contributed by atoms with Crippen LogP contribution in [0, 0.1) is 0 Å². The van der Waals surface area contributed by atoms with Gasteiger partial charge in [0.15, 0.2) is 0 Å². The monoisotopic (exact) mass is 134 g/mol. The fraction of sp³-hybridized carbons (Fsp3) is 0.800. The molecule has 0 aromatic heterocycles. The van der Waals surface area contributed by atoms with Crippen molar-refractivity contribution in [1.82, 2.24) is 0 Å². The lowest BCUT2D eigenvalue weighted by atomic mass is 10.3. The smallest absolute Gasteiger partial charge is 0.0382 e. The molecule has 0 saturated carbocycles. The summed E-state index contributed by atoms with van der Waals surface area (Å²) in [6, 6.07) is 0. The van der Waals surface area contributed by atoms with Crippen molar-refractivity contribution in [2.24, 2.45) is 0 Å². The fourth-order valence-corrected chi connectivity index (χ4v) is 0.433. The molecule has 0 rings (SSSR count). The lowest BCUT2D eigenvalue weighted by molar-refractivity contribution is 0.991. The highest BCUT2D eigenvalue weighted by Gasteiger charge is 2.09. The van der Waals surface area contributed by atoms with Crippen LogP contribution in [0.5, 0.6) is 0 Å². The van der Waals surface area contributed by atoms with Gasteiger partial charge in [-0.2, -0.15) is 11.8 Å². The van der Waals surface area contributed by atoms with Gasteiger partial charge in [0.1, 0.15) is 0 Å². The molecule has 0 nitrogen and oxygen atoms in total. The van der Waals surface area contributed by atoms with Crippen molar-refractivity contribution >= 4 is 29.3 Å². The summed E-state index contributed by atoms with van der Waals surface area (Å²) >= 11 is 6.51. The number of thiocarbonyl (C=S) groups is 1. The lowest BCUT2D eigenvalue weighted by Crippen LogP contribution is -2.13. The molecule has 0 aromatic rings.